The lowest BCUT2D eigenvalue weighted by Crippen LogP contribution is -2.29. The molecule has 0 spiro atoms. The summed E-state index contributed by atoms with van der Waals surface area (Å²) in [5, 5.41) is 0. The number of ether oxygens (including phenoxy) is 2. The second-order valence-electron chi connectivity index (χ2n) is 9.07. The van der Waals surface area contributed by atoms with Crippen molar-refractivity contribution in [3.05, 3.63) is 101 Å². The number of likely N-dealkylation sites (N-methyl/N-ethyl adjacent to an activating group) is 1. The van der Waals surface area contributed by atoms with Crippen molar-refractivity contribution >= 4 is 18.0 Å². The van der Waals surface area contributed by atoms with Crippen LogP contribution in [0.5, 0.6) is 11.5 Å². The lowest BCUT2D eigenvalue weighted by atomic mass is 9.89. The average Bonchev–Trinajstić information content (AvgIpc) is 2.78. The maximum Gasteiger partial charge on any atom is 0.416 e. The SMILES string of the molecule is CN(CCOc1ccc2c(c1)OC(C)(C)C=C2c1ccc(C(F)(F)F)cc1)Cc1ccccc1.Cl. The van der Waals surface area contributed by atoms with Gasteiger partial charge in [0.05, 0.1) is 5.56 Å². The van der Waals surface area contributed by atoms with E-state index < -0.39 is 17.3 Å². The van der Waals surface area contributed by atoms with Crippen molar-refractivity contribution in [3.8, 4) is 11.5 Å². The summed E-state index contributed by atoms with van der Waals surface area (Å²) in [6, 6.07) is 21.1. The number of hydrogen-bond acceptors (Lipinski definition) is 3. The van der Waals surface area contributed by atoms with Crippen molar-refractivity contribution in [2.45, 2.75) is 32.2 Å². The molecule has 7 heteroatoms. The molecule has 3 aromatic carbocycles. The van der Waals surface area contributed by atoms with Crippen LogP contribution in [0.1, 0.15) is 36.1 Å². The van der Waals surface area contributed by atoms with Crippen molar-refractivity contribution in [2.24, 2.45) is 0 Å². The highest BCUT2D eigenvalue weighted by Crippen LogP contribution is 2.41. The summed E-state index contributed by atoms with van der Waals surface area (Å²) in [5.74, 6) is 1.34. The predicted octanol–water partition coefficient (Wildman–Crippen LogP) is 7.24. The molecule has 0 N–H and O–H groups in total. The van der Waals surface area contributed by atoms with Crippen LogP contribution >= 0.6 is 12.4 Å². The Morgan fingerprint density at radius 2 is 1.63 bits per heavy atom. The lowest BCUT2D eigenvalue weighted by molar-refractivity contribution is -0.137. The first kappa shape index (κ1) is 26.6. The molecule has 0 amide bonds. The third kappa shape index (κ3) is 6.80. The van der Waals surface area contributed by atoms with E-state index in [9.17, 15) is 13.2 Å². The van der Waals surface area contributed by atoms with Crippen LogP contribution in [0.25, 0.3) is 5.57 Å². The molecule has 0 atom stereocenters. The van der Waals surface area contributed by atoms with Crippen LogP contribution < -0.4 is 9.47 Å². The number of nitrogens with zero attached hydrogens (tertiary/aromatic N) is 1. The van der Waals surface area contributed by atoms with E-state index in [-0.39, 0.29) is 12.4 Å². The summed E-state index contributed by atoms with van der Waals surface area (Å²) in [7, 11) is 2.05. The minimum Gasteiger partial charge on any atom is -0.492 e. The molecule has 0 unspecified atom stereocenters. The molecule has 186 valence electrons. The van der Waals surface area contributed by atoms with Gasteiger partial charge in [0.2, 0.25) is 0 Å². The summed E-state index contributed by atoms with van der Waals surface area (Å²) in [6.45, 7) is 5.97. The molecule has 35 heavy (non-hydrogen) atoms. The Bertz CT molecular complexity index is 1160. The molecule has 0 bridgehead atoms. The molecule has 3 aromatic rings. The fraction of sp³-hybridized carbons (Fsp3) is 0.286. The van der Waals surface area contributed by atoms with Gasteiger partial charge in [-0.1, -0.05) is 42.5 Å². The second kappa shape index (κ2) is 10.8. The van der Waals surface area contributed by atoms with Crippen LogP contribution in [0.3, 0.4) is 0 Å². The maximum atomic E-state index is 13.0. The van der Waals surface area contributed by atoms with Crippen molar-refractivity contribution in [2.75, 3.05) is 20.2 Å². The van der Waals surface area contributed by atoms with Crippen molar-refractivity contribution in [1.29, 1.82) is 0 Å². The fourth-order valence-electron chi connectivity index (χ4n) is 4.01. The summed E-state index contributed by atoms with van der Waals surface area (Å²) < 4.78 is 51.1. The smallest absolute Gasteiger partial charge is 0.416 e. The maximum absolute atomic E-state index is 13.0. The number of halogens is 4. The summed E-state index contributed by atoms with van der Waals surface area (Å²) in [4.78, 5) is 2.19. The van der Waals surface area contributed by atoms with Gasteiger partial charge in [-0.25, -0.2) is 0 Å². The van der Waals surface area contributed by atoms with Gasteiger partial charge in [0, 0.05) is 24.7 Å². The van der Waals surface area contributed by atoms with E-state index in [4.69, 9.17) is 9.47 Å². The highest BCUT2D eigenvalue weighted by molar-refractivity contribution is 5.85. The van der Waals surface area contributed by atoms with Gasteiger partial charge in [-0.05, 0) is 67.9 Å². The van der Waals surface area contributed by atoms with Gasteiger partial charge >= 0.3 is 6.18 Å². The first-order valence-electron chi connectivity index (χ1n) is 11.2. The van der Waals surface area contributed by atoms with Gasteiger partial charge in [-0.15, -0.1) is 12.4 Å². The molecule has 0 radical (unpaired) electrons. The van der Waals surface area contributed by atoms with Gasteiger partial charge < -0.3 is 9.47 Å². The van der Waals surface area contributed by atoms with Gasteiger partial charge in [0.15, 0.2) is 0 Å². The summed E-state index contributed by atoms with van der Waals surface area (Å²) >= 11 is 0. The van der Waals surface area contributed by atoms with Gasteiger partial charge in [-0.3, -0.25) is 4.90 Å². The zero-order chi connectivity index (χ0) is 24.3. The summed E-state index contributed by atoms with van der Waals surface area (Å²) in [5.41, 5.74) is 2.35. The molecule has 1 aliphatic heterocycles. The molecular formula is C28H29ClF3NO2. The molecule has 0 aliphatic carbocycles. The minimum absolute atomic E-state index is 0. The molecule has 0 fully saturated rings. The molecular weight excluding hydrogens is 475 g/mol. The second-order valence-corrected chi connectivity index (χ2v) is 9.07. The van der Waals surface area contributed by atoms with Crippen LogP contribution in [0.15, 0.2) is 78.9 Å². The Kier molecular flexibility index (Phi) is 8.18. The van der Waals surface area contributed by atoms with Crippen molar-refractivity contribution in [3.63, 3.8) is 0 Å². The minimum atomic E-state index is -4.36. The Labute approximate surface area is 210 Å². The zero-order valence-corrected chi connectivity index (χ0v) is 20.7. The monoisotopic (exact) mass is 503 g/mol. The quantitative estimate of drug-likeness (QED) is 0.339. The molecule has 0 saturated carbocycles. The molecule has 3 nitrogen and oxygen atoms in total. The van der Waals surface area contributed by atoms with E-state index in [1.54, 1.807) is 0 Å². The number of hydrogen-bond donors (Lipinski definition) is 0. The molecule has 1 aliphatic rings. The Morgan fingerprint density at radius 3 is 2.29 bits per heavy atom. The van der Waals surface area contributed by atoms with Gasteiger partial charge in [0.1, 0.15) is 23.7 Å². The van der Waals surface area contributed by atoms with Crippen LogP contribution in [0.4, 0.5) is 13.2 Å². The number of fused-ring (bicyclic) bond motifs is 1. The lowest BCUT2D eigenvalue weighted by Gasteiger charge is -2.31. The van der Waals surface area contributed by atoms with Crippen molar-refractivity contribution < 1.29 is 22.6 Å². The largest absolute Gasteiger partial charge is 0.492 e. The topological polar surface area (TPSA) is 21.7 Å². The van der Waals surface area contributed by atoms with E-state index in [0.29, 0.717) is 23.7 Å². The third-order valence-electron chi connectivity index (χ3n) is 5.67. The van der Waals surface area contributed by atoms with Crippen molar-refractivity contribution in [1.82, 2.24) is 4.90 Å². The van der Waals surface area contributed by atoms with Crippen LogP contribution in [0, 0.1) is 0 Å². The molecule has 1 heterocycles. The highest BCUT2D eigenvalue weighted by Gasteiger charge is 2.31. The van der Waals surface area contributed by atoms with E-state index in [0.717, 1.165) is 36.4 Å². The zero-order valence-electron chi connectivity index (χ0n) is 19.9. The predicted molar refractivity (Wildman–Crippen MR) is 135 cm³/mol. The van der Waals surface area contributed by atoms with E-state index in [1.807, 2.05) is 56.3 Å². The Balaban J connectivity index is 0.00000342. The van der Waals surface area contributed by atoms with Crippen LogP contribution in [0.2, 0.25) is 0 Å². The molecule has 4 rings (SSSR count). The fourth-order valence-corrected chi connectivity index (χ4v) is 4.01. The number of rotatable bonds is 7. The third-order valence-corrected chi connectivity index (χ3v) is 5.67. The summed E-state index contributed by atoms with van der Waals surface area (Å²) in [6.07, 6.45) is -2.42. The molecule has 0 saturated heterocycles. The van der Waals surface area contributed by atoms with Gasteiger partial charge in [0.25, 0.3) is 0 Å². The first-order chi connectivity index (χ1) is 16.1. The van der Waals surface area contributed by atoms with Crippen LogP contribution in [-0.2, 0) is 12.7 Å². The Morgan fingerprint density at radius 1 is 0.943 bits per heavy atom. The Hall–Kier alpha value is -2.96. The van der Waals surface area contributed by atoms with Gasteiger partial charge in [-0.2, -0.15) is 13.2 Å². The van der Waals surface area contributed by atoms with E-state index in [2.05, 4.69) is 24.1 Å². The first-order valence-corrected chi connectivity index (χ1v) is 11.2. The average molecular weight is 504 g/mol. The number of benzene rings is 3. The van der Waals surface area contributed by atoms with Crippen LogP contribution in [-0.4, -0.2) is 30.7 Å². The van der Waals surface area contributed by atoms with E-state index in [1.165, 1.54) is 17.7 Å². The molecule has 0 aromatic heterocycles. The number of alkyl halides is 3. The standard InChI is InChI=1S/C28H28F3NO2.ClH/c1-27(2)18-25(21-9-11-22(12-10-21)28(29,30)31)24-14-13-23(17-26(24)34-27)33-16-15-32(3)19-20-7-5-4-6-8-20;/h4-14,17-18H,15-16,19H2,1-3H3;1H. The highest BCUT2D eigenvalue weighted by atomic mass is 35.5. The van der Waals surface area contributed by atoms with E-state index >= 15 is 0 Å². The normalized spacial score (nSPS) is 14.4.